The molecular formula is C23H24N8O10S4. The Morgan fingerprint density at radius 2 is 0.956 bits per heavy atom. The molecular weight excluding hydrogens is 677 g/mol. The largest absolute Gasteiger partial charge is 0.324 e. The van der Waals surface area contributed by atoms with Crippen LogP contribution in [0.3, 0.4) is 0 Å². The molecule has 0 aliphatic carbocycles. The lowest BCUT2D eigenvalue weighted by Crippen LogP contribution is -2.11. The van der Waals surface area contributed by atoms with E-state index in [1.54, 1.807) is 12.1 Å². The van der Waals surface area contributed by atoms with Crippen LogP contribution in [0, 0.1) is 0 Å². The summed E-state index contributed by atoms with van der Waals surface area (Å²) < 4.78 is 118. The average molecular weight is 701 g/mol. The lowest BCUT2D eigenvalue weighted by molar-refractivity contribution is 0.479. The number of nitrogens with one attached hydrogen (secondary N) is 5. The fourth-order valence-electron chi connectivity index (χ4n) is 3.66. The van der Waals surface area contributed by atoms with Crippen molar-refractivity contribution in [2.24, 2.45) is 0 Å². The van der Waals surface area contributed by atoms with E-state index in [0.29, 0.717) is 0 Å². The molecule has 0 aliphatic rings. The van der Waals surface area contributed by atoms with Gasteiger partial charge in [0.15, 0.2) is 0 Å². The van der Waals surface area contributed by atoms with Gasteiger partial charge >= 0.3 is 0 Å². The maximum absolute atomic E-state index is 12.0. The number of hydrogen-bond acceptors (Lipinski definition) is 14. The second kappa shape index (κ2) is 12.4. The van der Waals surface area contributed by atoms with E-state index in [1.165, 1.54) is 36.4 Å². The van der Waals surface area contributed by atoms with E-state index < -0.39 is 61.7 Å². The van der Waals surface area contributed by atoms with Crippen molar-refractivity contribution in [1.82, 2.24) is 15.0 Å². The van der Waals surface area contributed by atoms with Crippen LogP contribution in [0.25, 0.3) is 0 Å². The van der Waals surface area contributed by atoms with Crippen molar-refractivity contribution in [3.63, 3.8) is 0 Å². The molecule has 0 fully saturated rings. The van der Waals surface area contributed by atoms with E-state index in [0.717, 1.165) is 30.7 Å². The van der Waals surface area contributed by atoms with Crippen molar-refractivity contribution in [1.29, 1.82) is 0 Å². The maximum Gasteiger partial charge on any atom is 0.296 e. The van der Waals surface area contributed by atoms with E-state index in [9.17, 15) is 42.8 Å². The number of benzene rings is 3. The molecule has 240 valence electrons. The second-order valence-corrected chi connectivity index (χ2v) is 15.5. The molecule has 7 N–H and O–H groups in total. The fourth-order valence-corrected chi connectivity index (χ4v) is 5.91. The minimum Gasteiger partial charge on any atom is -0.324 e. The Bertz CT molecular complexity index is 2120. The van der Waals surface area contributed by atoms with E-state index >= 15 is 0 Å². The topological polar surface area (TPSA) is 276 Å². The molecule has 0 bridgehead atoms. The summed E-state index contributed by atoms with van der Waals surface area (Å²) in [6.45, 7) is 0. The second-order valence-electron chi connectivity index (χ2n) is 9.20. The van der Waals surface area contributed by atoms with Crippen molar-refractivity contribution in [3.05, 3.63) is 66.7 Å². The highest BCUT2D eigenvalue weighted by atomic mass is 32.2. The van der Waals surface area contributed by atoms with Gasteiger partial charge in [-0.15, -0.1) is 0 Å². The van der Waals surface area contributed by atoms with Gasteiger partial charge in [-0.3, -0.25) is 18.5 Å². The summed E-state index contributed by atoms with van der Waals surface area (Å²) in [5.74, 6) is -0.796. The first-order chi connectivity index (χ1) is 20.7. The first kappa shape index (κ1) is 33.3. The summed E-state index contributed by atoms with van der Waals surface area (Å²) in [7, 11) is -16.9. The molecule has 3 aromatic carbocycles. The van der Waals surface area contributed by atoms with E-state index in [1.807, 2.05) is 0 Å². The Labute approximate surface area is 258 Å². The molecule has 0 aliphatic heterocycles. The minimum absolute atomic E-state index is 0.197. The molecule has 0 atom stereocenters. The molecule has 4 aromatic rings. The van der Waals surface area contributed by atoms with Crippen molar-refractivity contribution in [3.8, 4) is 0 Å². The normalized spacial score (nSPS) is 12.3. The molecule has 0 unspecified atom stereocenters. The monoisotopic (exact) mass is 700 g/mol. The highest BCUT2D eigenvalue weighted by molar-refractivity contribution is 7.92. The molecule has 22 heteroatoms. The summed E-state index contributed by atoms with van der Waals surface area (Å²) in [4.78, 5) is 11.0. The third-order valence-electron chi connectivity index (χ3n) is 5.25. The Balaban J connectivity index is 1.79. The third kappa shape index (κ3) is 9.95. The zero-order valence-corrected chi connectivity index (χ0v) is 26.3. The van der Waals surface area contributed by atoms with Crippen LogP contribution in [0.5, 0.6) is 0 Å². The van der Waals surface area contributed by atoms with E-state index in [2.05, 4.69) is 40.3 Å². The van der Waals surface area contributed by atoms with Crippen molar-refractivity contribution in [2.45, 2.75) is 9.79 Å². The molecule has 45 heavy (non-hydrogen) atoms. The van der Waals surface area contributed by atoms with Crippen LogP contribution in [0.15, 0.2) is 76.5 Å². The Morgan fingerprint density at radius 1 is 0.533 bits per heavy atom. The first-order valence-corrected chi connectivity index (χ1v) is 18.7. The first-order valence-electron chi connectivity index (χ1n) is 12.1. The Kier molecular flexibility index (Phi) is 9.18. The van der Waals surface area contributed by atoms with Gasteiger partial charge in [-0.2, -0.15) is 31.8 Å². The summed E-state index contributed by atoms with van der Waals surface area (Å²) in [6.07, 6.45) is 1.93. The van der Waals surface area contributed by atoms with Gasteiger partial charge in [-0.1, -0.05) is 12.1 Å². The lowest BCUT2D eigenvalue weighted by atomic mass is 10.3. The molecule has 0 spiro atoms. The number of anilines is 8. The van der Waals surface area contributed by atoms with Gasteiger partial charge in [0, 0.05) is 11.4 Å². The molecule has 18 nitrogen and oxygen atoms in total. The predicted molar refractivity (Wildman–Crippen MR) is 166 cm³/mol. The van der Waals surface area contributed by atoms with Crippen LogP contribution >= 0.6 is 0 Å². The number of aromatic nitrogens is 3. The van der Waals surface area contributed by atoms with Gasteiger partial charge in [-0.25, -0.2) is 16.8 Å². The van der Waals surface area contributed by atoms with Gasteiger partial charge in [0.2, 0.25) is 37.9 Å². The van der Waals surface area contributed by atoms with Crippen LogP contribution in [-0.2, 0) is 40.3 Å². The van der Waals surface area contributed by atoms with Crippen molar-refractivity contribution in [2.75, 3.05) is 37.9 Å². The van der Waals surface area contributed by atoms with Crippen LogP contribution < -0.4 is 25.4 Å². The standard InChI is InChI=1S/C23H24N8O10S4/c1-42(32,33)30-16-7-3-5-14(11-16)24-21-27-22(25-15-6-4-8-17(12-15)31-43(2,34)35)29-23(28-21)26-19-13-18(44(36,37)38)9-10-20(19)45(39,40)41/h3-13,30-31H,1-2H3,(H,36,37,38)(H,39,40,41)(H3,24,25,26,27,28,29). The van der Waals surface area contributed by atoms with Crippen molar-refractivity contribution < 1.29 is 42.8 Å². The highest BCUT2D eigenvalue weighted by Crippen LogP contribution is 2.29. The van der Waals surface area contributed by atoms with Crippen LogP contribution in [0.2, 0.25) is 0 Å². The number of nitrogens with zero attached hydrogens (tertiary/aromatic N) is 3. The number of sulfonamides is 2. The molecule has 1 aromatic heterocycles. The van der Waals surface area contributed by atoms with E-state index in [4.69, 9.17) is 0 Å². The van der Waals surface area contributed by atoms with Gasteiger partial charge < -0.3 is 16.0 Å². The van der Waals surface area contributed by atoms with Gasteiger partial charge in [0.1, 0.15) is 4.90 Å². The number of rotatable bonds is 12. The zero-order valence-electron chi connectivity index (χ0n) is 23.0. The smallest absolute Gasteiger partial charge is 0.296 e. The highest BCUT2D eigenvalue weighted by Gasteiger charge is 2.21. The summed E-state index contributed by atoms with van der Waals surface area (Å²) in [6, 6.07) is 14.1. The Morgan fingerprint density at radius 3 is 1.36 bits per heavy atom. The van der Waals surface area contributed by atoms with E-state index in [-0.39, 0.29) is 34.6 Å². The average Bonchev–Trinajstić information content (AvgIpc) is 2.86. The summed E-state index contributed by atoms with van der Waals surface area (Å²) >= 11 is 0. The van der Waals surface area contributed by atoms with Crippen LogP contribution in [0.1, 0.15) is 0 Å². The molecule has 1 heterocycles. The van der Waals surface area contributed by atoms with Gasteiger partial charge in [-0.05, 0) is 54.6 Å². The maximum atomic E-state index is 12.0. The van der Waals surface area contributed by atoms with Crippen LogP contribution in [-0.4, -0.2) is 70.2 Å². The van der Waals surface area contributed by atoms with Crippen molar-refractivity contribution >= 4 is 86.6 Å². The SMILES string of the molecule is CS(=O)(=O)Nc1cccc(Nc2nc(Nc3cccc(NS(C)(=O)=O)c3)nc(Nc3cc(S(=O)(=O)O)ccc3S(=O)(=O)O)n2)c1. The lowest BCUT2D eigenvalue weighted by Gasteiger charge is -2.14. The third-order valence-corrected chi connectivity index (χ3v) is 8.23. The predicted octanol–water partition coefficient (Wildman–Crippen LogP) is 2.34. The van der Waals surface area contributed by atoms with Crippen LogP contribution in [0.4, 0.5) is 46.3 Å². The minimum atomic E-state index is -4.93. The molecule has 0 radical (unpaired) electrons. The molecule has 0 saturated carbocycles. The summed E-state index contributed by atoms with van der Waals surface area (Å²) in [5.41, 5.74) is 0.442. The fraction of sp³-hybridized carbons (Fsp3) is 0.0870. The zero-order chi connectivity index (χ0) is 33.2. The quantitative estimate of drug-likeness (QED) is 0.104. The number of hydrogen-bond donors (Lipinski definition) is 7. The van der Waals surface area contributed by atoms with Gasteiger partial charge in [0.25, 0.3) is 20.2 Å². The molecule has 4 rings (SSSR count). The van der Waals surface area contributed by atoms with Gasteiger partial charge in [0.05, 0.1) is 34.5 Å². The molecule has 0 amide bonds. The summed E-state index contributed by atoms with van der Waals surface area (Å²) in [5, 5.41) is 8.15. The Hall–Kier alpha value is -4.61. The molecule has 0 saturated heterocycles.